The van der Waals surface area contributed by atoms with Crippen molar-refractivity contribution in [3.63, 3.8) is 0 Å². The summed E-state index contributed by atoms with van der Waals surface area (Å²) in [6, 6.07) is 10.4. The summed E-state index contributed by atoms with van der Waals surface area (Å²) < 4.78 is 38.4. The van der Waals surface area contributed by atoms with Gasteiger partial charge in [0.05, 0.1) is 5.56 Å². The third-order valence-corrected chi connectivity index (χ3v) is 7.52. The van der Waals surface area contributed by atoms with E-state index in [1.165, 1.54) is 5.56 Å². The molecular formula is C25H31F3N6O. The molecule has 5 rings (SSSR count). The molecule has 2 atom stereocenters. The predicted molar refractivity (Wildman–Crippen MR) is 126 cm³/mol. The number of alkyl halides is 3. The second-order valence-electron chi connectivity index (χ2n) is 10.5. The van der Waals surface area contributed by atoms with Crippen LogP contribution in [-0.4, -0.2) is 70.1 Å². The third-order valence-electron chi connectivity index (χ3n) is 7.52. The normalized spacial score (nSPS) is 24.7. The van der Waals surface area contributed by atoms with Crippen LogP contribution in [0, 0.1) is 5.41 Å². The summed E-state index contributed by atoms with van der Waals surface area (Å²) in [5.74, 6) is 0.253. The summed E-state index contributed by atoms with van der Waals surface area (Å²) in [6.45, 7) is 7.92. The quantitative estimate of drug-likeness (QED) is 0.710. The average molecular weight is 489 g/mol. The van der Waals surface area contributed by atoms with E-state index in [1.54, 1.807) is 0 Å². The highest BCUT2D eigenvalue weighted by Gasteiger charge is 2.52. The first-order chi connectivity index (χ1) is 16.6. The zero-order chi connectivity index (χ0) is 24.8. The number of anilines is 1. The van der Waals surface area contributed by atoms with Crippen LogP contribution in [0.4, 0.5) is 23.9 Å². The van der Waals surface area contributed by atoms with E-state index in [2.05, 4.69) is 44.5 Å². The first-order valence-electron chi connectivity index (χ1n) is 12.1. The molecular weight excluding hydrogens is 457 g/mol. The van der Waals surface area contributed by atoms with Crippen molar-refractivity contribution in [2.24, 2.45) is 5.41 Å². The predicted octanol–water partition coefficient (Wildman–Crippen LogP) is 3.77. The van der Waals surface area contributed by atoms with E-state index < -0.39 is 11.7 Å². The lowest BCUT2D eigenvalue weighted by Crippen LogP contribution is -2.68. The van der Waals surface area contributed by atoms with Gasteiger partial charge < -0.3 is 15.1 Å². The molecule has 0 unspecified atom stereocenters. The van der Waals surface area contributed by atoms with Gasteiger partial charge in [0, 0.05) is 63.2 Å². The van der Waals surface area contributed by atoms with Gasteiger partial charge in [-0.2, -0.15) is 13.2 Å². The Morgan fingerprint density at radius 2 is 1.71 bits per heavy atom. The molecule has 35 heavy (non-hydrogen) atoms. The highest BCUT2D eigenvalue weighted by Crippen LogP contribution is 2.48. The van der Waals surface area contributed by atoms with Crippen molar-refractivity contribution in [1.82, 2.24) is 25.1 Å². The summed E-state index contributed by atoms with van der Waals surface area (Å²) >= 11 is 0. The van der Waals surface area contributed by atoms with Gasteiger partial charge in [-0.1, -0.05) is 30.3 Å². The van der Waals surface area contributed by atoms with E-state index in [1.807, 2.05) is 29.7 Å². The minimum absolute atomic E-state index is 0.0716. The van der Waals surface area contributed by atoms with Crippen LogP contribution in [0.25, 0.3) is 0 Å². The molecule has 3 aliphatic rings. The van der Waals surface area contributed by atoms with E-state index in [0.717, 1.165) is 44.9 Å². The molecule has 1 aromatic heterocycles. The highest BCUT2D eigenvalue weighted by molar-refractivity contribution is 5.75. The molecule has 1 aliphatic carbocycles. The number of piperazine rings is 1. The number of carbonyl (C=O) groups excluding carboxylic acids is 1. The number of hydrogen-bond donors (Lipinski definition) is 1. The molecule has 7 nitrogen and oxygen atoms in total. The molecule has 1 N–H and O–H groups in total. The van der Waals surface area contributed by atoms with Gasteiger partial charge in [-0.15, -0.1) is 0 Å². The second kappa shape index (κ2) is 8.96. The van der Waals surface area contributed by atoms with Crippen LogP contribution in [0.15, 0.2) is 42.7 Å². The van der Waals surface area contributed by atoms with E-state index in [9.17, 15) is 18.0 Å². The van der Waals surface area contributed by atoms with Crippen molar-refractivity contribution in [1.29, 1.82) is 0 Å². The fourth-order valence-corrected chi connectivity index (χ4v) is 5.76. The van der Waals surface area contributed by atoms with Crippen molar-refractivity contribution in [3.05, 3.63) is 53.9 Å². The number of halogens is 3. The Hall–Kier alpha value is -2.88. The Labute approximate surface area is 203 Å². The van der Waals surface area contributed by atoms with Crippen LogP contribution < -0.4 is 10.2 Å². The van der Waals surface area contributed by atoms with Gasteiger partial charge >= 0.3 is 12.2 Å². The lowest BCUT2D eigenvalue weighted by Gasteiger charge is -2.59. The number of aromatic nitrogens is 2. The minimum atomic E-state index is -4.46. The van der Waals surface area contributed by atoms with E-state index in [-0.39, 0.29) is 30.1 Å². The lowest BCUT2D eigenvalue weighted by atomic mass is 9.60. The summed E-state index contributed by atoms with van der Waals surface area (Å²) in [5, 5.41) is 3.20. The van der Waals surface area contributed by atoms with Gasteiger partial charge in [-0.25, -0.2) is 14.8 Å². The molecule has 10 heteroatoms. The Morgan fingerprint density at radius 3 is 2.34 bits per heavy atom. The van der Waals surface area contributed by atoms with Crippen LogP contribution in [0.2, 0.25) is 0 Å². The summed E-state index contributed by atoms with van der Waals surface area (Å²) in [6.07, 6.45) is -0.825. The number of carbonyl (C=O) groups is 1. The standard InChI is InChI=1S/C25H31F3N6O/c1-17-13-34(18(2)12-33(17)22-29-10-20(11-30-22)25(26,27)28)23(35)31-21-8-24(9-21)15-32(16-24)14-19-6-4-3-5-7-19/h3-7,10-11,17-18,21H,8-9,12-16H2,1-2H3,(H,31,35)/t17-,18-/m1/s1. The average Bonchev–Trinajstić information content (AvgIpc) is 2.77. The zero-order valence-corrected chi connectivity index (χ0v) is 20.0. The monoisotopic (exact) mass is 488 g/mol. The molecule has 2 aromatic rings. The second-order valence-corrected chi connectivity index (χ2v) is 10.5. The molecule has 2 amide bonds. The van der Waals surface area contributed by atoms with Gasteiger partial charge in [-0.3, -0.25) is 4.90 Å². The number of benzene rings is 1. The van der Waals surface area contributed by atoms with Gasteiger partial charge in [0.2, 0.25) is 5.95 Å². The van der Waals surface area contributed by atoms with Crippen molar-refractivity contribution < 1.29 is 18.0 Å². The molecule has 188 valence electrons. The van der Waals surface area contributed by atoms with Crippen molar-refractivity contribution in [3.8, 4) is 0 Å². The van der Waals surface area contributed by atoms with Crippen LogP contribution in [0.3, 0.4) is 0 Å². The number of urea groups is 1. The number of hydrogen-bond acceptors (Lipinski definition) is 5. The van der Waals surface area contributed by atoms with E-state index >= 15 is 0 Å². The van der Waals surface area contributed by atoms with E-state index in [0.29, 0.717) is 18.5 Å². The van der Waals surface area contributed by atoms with Crippen molar-refractivity contribution in [2.75, 3.05) is 31.1 Å². The molecule has 1 saturated carbocycles. The fourth-order valence-electron chi connectivity index (χ4n) is 5.76. The topological polar surface area (TPSA) is 64.6 Å². The first-order valence-corrected chi connectivity index (χ1v) is 12.1. The third kappa shape index (κ3) is 4.94. The number of nitrogens with zero attached hydrogens (tertiary/aromatic N) is 5. The Morgan fingerprint density at radius 1 is 1.06 bits per heavy atom. The Balaban J connectivity index is 1.09. The first kappa shape index (κ1) is 23.8. The zero-order valence-electron chi connectivity index (χ0n) is 20.0. The van der Waals surface area contributed by atoms with Gasteiger partial charge in [-0.05, 0) is 37.7 Å². The van der Waals surface area contributed by atoms with E-state index in [4.69, 9.17) is 0 Å². The minimum Gasteiger partial charge on any atom is -0.335 e. The molecule has 1 spiro atoms. The maximum absolute atomic E-state index is 13.0. The van der Waals surface area contributed by atoms with Crippen LogP contribution in [-0.2, 0) is 12.7 Å². The molecule has 3 fully saturated rings. The largest absolute Gasteiger partial charge is 0.419 e. The maximum atomic E-state index is 13.0. The lowest BCUT2D eigenvalue weighted by molar-refractivity contribution is -0.138. The van der Waals surface area contributed by atoms with Gasteiger partial charge in [0.15, 0.2) is 0 Å². The molecule has 3 heterocycles. The van der Waals surface area contributed by atoms with Crippen LogP contribution >= 0.6 is 0 Å². The number of likely N-dealkylation sites (tertiary alicyclic amines) is 1. The fraction of sp³-hybridized carbons (Fsp3) is 0.560. The van der Waals surface area contributed by atoms with Gasteiger partial charge in [0.1, 0.15) is 0 Å². The molecule has 0 radical (unpaired) electrons. The Bertz CT molecular complexity index is 1030. The number of nitrogens with one attached hydrogen (secondary N) is 1. The smallest absolute Gasteiger partial charge is 0.335 e. The van der Waals surface area contributed by atoms with Crippen molar-refractivity contribution >= 4 is 12.0 Å². The number of amides is 2. The van der Waals surface area contributed by atoms with Gasteiger partial charge in [0.25, 0.3) is 0 Å². The van der Waals surface area contributed by atoms with Crippen LogP contribution in [0.1, 0.15) is 37.8 Å². The summed E-state index contributed by atoms with van der Waals surface area (Å²) in [5.41, 5.74) is 0.799. The summed E-state index contributed by atoms with van der Waals surface area (Å²) in [4.78, 5) is 27.0. The molecule has 1 aromatic carbocycles. The molecule has 0 bridgehead atoms. The molecule has 2 aliphatic heterocycles. The highest BCUT2D eigenvalue weighted by atomic mass is 19.4. The molecule has 2 saturated heterocycles. The SMILES string of the molecule is C[C@@H]1CN(c2ncc(C(F)(F)F)cn2)[C@H](C)CN1C(=O)NC1CC2(C1)CN(Cc1ccccc1)C2. The Kier molecular flexibility index (Phi) is 6.11. The van der Waals surface area contributed by atoms with Crippen molar-refractivity contribution in [2.45, 2.75) is 57.5 Å². The number of rotatable bonds is 4. The summed E-state index contributed by atoms with van der Waals surface area (Å²) in [7, 11) is 0. The maximum Gasteiger partial charge on any atom is 0.419 e. The van der Waals surface area contributed by atoms with Crippen LogP contribution in [0.5, 0.6) is 0 Å².